The Bertz CT molecular complexity index is 603. The monoisotopic (exact) mass is 245 g/mol. The van der Waals surface area contributed by atoms with Crippen LogP contribution in [0.1, 0.15) is 43.6 Å². The molecule has 96 valence electrons. The van der Waals surface area contributed by atoms with E-state index in [9.17, 15) is 9.90 Å². The Labute approximate surface area is 107 Å². The third-order valence-corrected chi connectivity index (χ3v) is 3.26. The first-order valence-corrected chi connectivity index (χ1v) is 6.21. The number of rotatable bonds is 2. The number of aromatic carboxylic acids is 1. The molecule has 0 atom stereocenters. The highest BCUT2D eigenvalue weighted by Crippen LogP contribution is 2.32. The zero-order valence-electron chi connectivity index (χ0n) is 11.3. The van der Waals surface area contributed by atoms with Crippen LogP contribution in [0.5, 0.6) is 0 Å². The van der Waals surface area contributed by atoms with Crippen LogP contribution in [0, 0.1) is 0 Å². The molecule has 3 nitrogen and oxygen atoms in total. The highest BCUT2D eigenvalue weighted by molar-refractivity contribution is 5.95. The van der Waals surface area contributed by atoms with Crippen LogP contribution in [0.4, 0.5) is 0 Å². The van der Waals surface area contributed by atoms with Crippen LogP contribution in [0.3, 0.4) is 0 Å². The minimum absolute atomic E-state index is 0.0744. The number of carboxylic acid groups (broad SMARTS) is 1. The van der Waals surface area contributed by atoms with Gasteiger partial charge in [-0.3, -0.25) is 0 Å². The summed E-state index contributed by atoms with van der Waals surface area (Å²) in [5.74, 6) is -0.869. The second-order valence-electron chi connectivity index (χ2n) is 5.62. The van der Waals surface area contributed by atoms with Crippen molar-refractivity contribution in [3.05, 3.63) is 35.5 Å². The maximum Gasteiger partial charge on any atom is 0.335 e. The van der Waals surface area contributed by atoms with E-state index in [1.807, 2.05) is 12.3 Å². The molecule has 0 aliphatic rings. The lowest BCUT2D eigenvalue weighted by atomic mass is 9.84. The lowest BCUT2D eigenvalue weighted by molar-refractivity contribution is 0.0697. The fourth-order valence-corrected chi connectivity index (χ4v) is 2.31. The molecular weight excluding hydrogens is 226 g/mol. The molecule has 1 heterocycles. The fourth-order valence-electron chi connectivity index (χ4n) is 2.31. The lowest BCUT2D eigenvalue weighted by Gasteiger charge is -2.22. The van der Waals surface area contributed by atoms with Crippen molar-refractivity contribution < 1.29 is 9.90 Å². The van der Waals surface area contributed by atoms with Gasteiger partial charge in [-0.1, -0.05) is 20.8 Å². The van der Waals surface area contributed by atoms with Crippen LogP contribution in [0.2, 0.25) is 0 Å². The first-order valence-electron chi connectivity index (χ1n) is 6.21. The molecule has 1 aromatic heterocycles. The smallest absolute Gasteiger partial charge is 0.335 e. The van der Waals surface area contributed by atoms with E-state index in [0.29, 0.717) is 5.56 Å². The first-order chi connectivity index (χ1) is 8.34. The number of carbonyl (C=O) groups is 1. The third-order valence-electron chi connectivity index (χ3n) is 3.26. The summed E-state index contributed by atoms with van der Waals surface area (Å²) < 4.78 is 2.17. The number of fused-ring (bicyclic) bond motifs is 1. The first kappa shape index (κ1) is 12.7. The molecule has 0 amide bonds. The third kappa shape index (κ3) is 2.01. The standard InChI is InChI=1S/C15H19NO2/c1-5-16-7-6-10-8-11(14(17)18)9-12(13(10)16)15(2,3)4/h6-9H,5H2,1-4H3,(H,17,18). The van der Waals surface area contributed by atoms with E-state index in [0.717, 1.165) is 23.0 Å². The van der Waals surface area contributed by atoms with E-state index >= 15 is 0 Å². The van der Waals surface area contributed by atoms with Gasteiger partial charge in [0.05, 0.1) is 11.1 Å². The Balaban J connectivity index is 2.84. The minimum Gasteiger partial charge on any atom is -0.478 e. The summed E-state index contributed by atoms with van der Waals surface area (Å²) in [7, 11) is 0. The molecule has 18 heavy (non-hydrogen) atoms. The van der Waals surface area contributed by atoms with Crippen molar-refractivity contribution >= 4 is 16.9 Å². The van der Waals surface area contributed by atoms with Crippen LogP contribution >= 0.6 is 0 Å². The Morgan fingerprint density at radius 1 is 1.33 bits per heavy atom. The molecule has 0 aliphatic carbocycles. The van der Waals surface area contributed by atoms with Gasteiger partial charge in [-0.05, 0) is 36.1 Å². The normalized spacial score (nSPS) is 12.0. The molecule has 2 aromatic rings. The Kier molecular flexibility index (Phi) is 2.93. The van der Waals surface area contributed by atoms with Gasteiger partial charge < -0.3 is 9.67 Å². The summed E-state index contributed by atoms with van der Waals surface area (Å²) in [4.78, 5) is 11.2. The van der Waals surface area contributed by atoms with Crippen LogP contribution < -0.4 is 0 Å². The zero-order valence-corrected chi connectivity index (χ0v) is 11.3. The number of aryl methyl sites for hydroxylation is 1. The molecule has 0 aliphatic heterocycles. The number of carboxylic acids is 1. The molecule has 3 heteroatoms. The second kappa shape index (κ2) is 4.16. The summed E-state index contributed by atoms with van der Waals surface area (Å²) in [6.07, 6.45) is 2.02. The van der Waals surface area contributed by atoms with Gasteiger partial charge in [-0.2, -0.15) is 0 Å². The fraction of sp³-hybridized carbons (Fsp3) is 0.400. The molecule has 1 aromatic carbocycles. The van der Waals surface area contributed by atoms with Crippen molar-refractivity contribution in [1.29, 1.82) is 0 Å². The molecule has 0 radical (unpaired) electrons. The van der Waals surface area contributed by atoms with Crippen LogP contribution in [-0.4, -0.2) is 15.6 Å². The summed E-state index contributed by atoms with van der Waals surface area (Å²) in [5.41, 5.74) is 2.52. The Hall–Kier alpha value is -1.77. The van der Waals surface area contributed by atoms with Gasteiger partial charge in [0.25, 0.3) is 0 Å². The number of hydrogen-bond acceptors (Lipinski definition) is 1. The van der Waals surface area contributed by atoms with Gasteiger partial charge in [0, 0.05) is 18.1 Å². The molecule has 0 fully saturated rings. The molecule has 1 N–H and O–H groups in total. The van der Waals surface area contributed by atoms with E-state index in [1.165, 1.54) is 0 Å². The summed E-state index contributed by atoms with van der Waals surface area (Å²) in [5, 5.41) is 10.2. The highest BCUT2D eigenvalue weighted by Gasteiger charge is 2.21. The zero-order chi connectivity index (χ0) is 13.5. The van der Waals surface area contributed by atoms with Crippen molar-refractivity contribution in [2.45, 2.75) is 39.7 Å². The molecule has 0 spiro atoms. The van der Waals surface area contributed by atoms with Gasteiger partial charge in [-0.15, -0.1) is 0 Å². The number of benzene rings is 1. The van der Waals surface area contributed by atoms with Gasteiger partial charge in [0.15, 0.2) is 0 Å². The lowest BCUT2D eigenvalue weighted by Crippen LogP contribution is -2.14. The second-order valence-corrected chi connectivity index (χ2v) is 5.62. The van der Waals surface area contributed by atoms with Crippen molar-refractivity contribution in [3.63, 3.8) is 0 Å². The highest BCUT2D eigenvalue weighted by atomic mass is 16.4. The van der Waals surface area contributed by atoms with Crippen LogP contribution in [0.25, 0.3) is 10.9 Å². The average Bonchev–Trinajstić information content (AvgIpc) is 2.68. The summed E-state index contributed by atoms with van der Waals surface area (Å²) in [6, 6.07) is 5.54. The van der Waals surface area contributed by atoms with Gasteiger partial charge in [0.2, 0.25) is 0 Å². The SMILES string of the molecule is CCn1ccc2cc(C(=O)O)cc(C(C)(C)C)c21. The maximum absolute atomic E-state index is 11.2. The van der Waals surface area contributed by atoms with E-state index < -0.39 is 5.97 Å². The van der Waals surface area contributed by atoms with Crippen LogP contribution in [-0.2, 0) is 12.0 Å². The predicted molar refractivity (Wildman–Crippen MR) is 73.3 cm³/mol. The quantitative estimate of drug-likeness (QED) is 0.877. The van der Waals surface area contributed by atoms with E-state index in [1.54, 1.807) is 12.1 Å². The molecule has 0 bridgehead atoms. The summed E-state index contributed by atoms with van der Waals surface area (Å²) >= 11 is 0. The number of aromatic nitrogens is 1. The molecule has 0 saturated carbocycles. The Morgan fingerprint density at radius 2 is 2.00 bits per heavy atom. The van der Waals surface area contributed by atoms with E-state index in [2.05, 4.69) is 32.3 Å². The van der Waals surface area contributed by atoms with Gasteiger partial charge in [-0.25, -0.2) is 4.79 Å². The van der Waals surface area contributed by atoms with Crippen molar-refractivity contribution in [2.75, 3.05) is 0 Å². The van der Waals surface area contributed by atoms with Gasteiger partial charge >= 0.3 is 5.97 Å². The molecule has 0 unspecified atom stereocenters. The molecule has 0 saturated heterocycles. The van der Waals surface area contributed by atoms with Crippen molar-refractivity contribution in [1.82, 2.24) is 4.57 Å². The number of nitrogens with zero attached hydrogens (tertiary/aromatic N) is 1. The maximum atomic E-state index is 11.2. The topological polar surface area (TPSA) is 42.2 Å². The van der Waals surface area contributed by atoms with E-state index in [-0.39, 0.29) is 5.41 Å². The minimum atomic E-state index is -0.869. The average molecular weight is 245 g/mol. The number of hydrogen-bond donors (Lipinski definition) is 1. The molecular formula is C15H19NO2. The summed E-state index contributed by atoms with van der Waals surface area (Å²) in [6.45, 7) is 9.32. The van der Waals surface area contributed by atoms with Crippen molar-refractivity contribution in [2.24, 2.45) is 0 Å². The van der Waals surface area contributed by atoms with Gasteiger partial charge in [0.1, 0.15) is 0 Å². The predicted octanol–water partition coefficient (Wildman–Crippen LogP) is 3.66. The van der Waals surface area contributed by atoms with Crippen LogP contribution in [0.15, 0.2) is 24.4 Å². The van der Waals surface area contributed by atoms with E-state index in [4.69, 9.17) is 0 Å². The van der Waals surface area contributed by atoms with Crippen molar-refractivity contribution in [3.8, 4) is 0 Å². The largest absolute Gasteiger partial charge is 0.478 e. The Morgan fingerprint density at radius 3 is 2.50 bits per heavy atom. The molecule has 2 rings (SSSR count).